The molecule has 6 nitrogen and oxygen atoms in total. The van der Waals surface area contributed by atoms with Gasteiger partial charge in [-0.2, -0.15) is 0 Å². The molecule has 0 spiro atoms. The zero-order valence-corrected chi connectivity index (χ0v) is 12.7. The third-order valence-corrected chi connectivity index (χ3v) is 4.73. The van der Waals surface area contributed by atoms with Crippen LogP contribution in [0.15, 0.2) is 24.3 Å². The molecule has 1 aliphatic rings. The van der Waals surface area contributed by atoms with E-state index in [0.29, 0.717) is 10.6 Å². The highest BCUT2D eigenvalue weighted by molar-refractivity contribution is 7.17. The van der Waals surface area contributed by atoms with E-state index in [1.165, 1.54) is 5.56 Å². The second kappa shape index (κ2) is 5.76. The second-order valence-corrected chi connectivity index (χ2v) is 6.13. The average Bonchev–Trinajstić information content (AvgIpc) is 3.02. The van der Waals surface area contributed by atoms with Gasteiger partial charge in [-0.15, -0.1) is 0 Å². The van der Waals surface area contributed by atoms with E-state index in [0.717, 1.165) is 29.7 Å². The average molecular weight is 317 g/mol. The maximum Gasteiger partial charge on any atom is 0.410 e. The van der Waals surface area contributed by atoms with Crippen LogP contribution in [0.4, 0.5) is 9.93 Å². The molecule has 0 saturated heterocycles. The molecule has 1 aromatic carbocycles. The molecule has 3 N–H and O–H groups in total. The van der Waals surface area contributed by atoms with Gasteiger partial charge in [0.2, 0.25) is 0 Å². The summed E-state index contributed by atoms with van der Waals surface area (Å²) in [5, 5.41) is 14.1. The van der Waals surface area contributed by atoms with E-state index in [1.807, 2.05) is 18.2 Å². The van der Waals surface area contributed by atoms with Gasteiger partial charge in [0.25, 0.3) is 5.91 Å². The molecule has 0 saturated carbocycles. The molecule has 1 unspecified atom stereocenters. The highest BCUT2D eigenvalue weighted by Gasteiger charge is 2.25. The third kappa shape index (κ3) is 2.80. The Labute approximate surface area is 131 Å². The molecule has 0 bridgehead atoms. The topological polar surface area (TPSA) is 91.3 Å². The molecule has 114 valence electrons. The quantitative estimate of drug-likeness (QED) is 0.811. The van der Waals surface area contributed by atoms with Crippen molar-refractivity contribution in [2.24, 2.45) is 0 Å². The van der Waals surface area contributed by atoms with E-state index in [9.17, 15) is 9.59 Å². The summed E-state index contributed by atoms with van der Waals surface area (Å²) in [4.78, 5) is 27.5. The smallest absolute Gasteiger partial charge is 0.410 e. The Kier molecular flexibility index (Phi) is 3.81. The van der Waals surface area contributed by atoms with E-state index in [1.54, 1.807) is 6.92 Å². The van der Waals surface area contributed by atoms with Crippen LogP contribution in [0.2, 0.25) is 0 Å². The summed E-state index contributed by atoms with van der Waals surface area (Å²) in [6, 6.07) is 8.08. The van der Waals surface area contributed by atoms with E-state index in [2.05, 4.69) is 21.7 Å². The first-order valence-electron chi connectivity index (χ1n) is 6.90. The summed E-state index contributed by atoms with van der Waals surface area (Å²) in [6.07, 6.45) is 0.642. The predicted molar refractivity (Wildman–Crippen MR) is 83.5 cm³/mol. The molecule has 0 aliphatic heterocycles. The summed E-state index contributed by atoms with van der Waals surface area (Å²) < 4.78 is 0. The molecular weight excluding hydrogens is 302 g/mol. The molecule has 2 amide bonds. The minimum atomic E-state index is -1.19. The number of fused-ring (bicyclic) bond motifs is 1. The Morgan fingerprint density at radius 1 is 1.36 bits per heavy atom. The number of hydrogen-bond acceptors (Lipinski definition) is 4. The lowest BCUT2D eigenvalue weighted by Gasteiger charge is -2.13. The van der Waals surface area contributed by atoms with Crippen LogP contribution in [0.25, 0.3) is 0 Å². The number of carboxylic acid groups (broad SMARTS) is 1. The lowest BCUT2D eigenvalue weighted by Crippen LogP contribution is -2.26. The summed E-state index contributed by atoms with van der Waals surface area (Å²) in [5.74, 6) is -0.213. The van der Waals surface area contributed by atoms with Gasteiger partial charge in [-0.05, 0) is 30.9 Å². The fourth-order valence-corrected chi connectivity index (χ4v) is 3.54. The van der Waals surface area contributed by atoms with Crippen molar-refractivity contribution in [1.29, 1.82) is 0 Å². The summed E-state index contributed by atoms with van der Waals surface area (Å²) >= 11 is 1.05. The zero-order valence-electron chi connectivity index (χ0n) is 11.9. The van der Waals surface area contributed by atoms with Crippen LogP contribution >= 0.6 is 11.3 Å². The number of hydrogen-bond donors (Lipinski definition) is 3. The second-order valence-electron chi connectivity index (χ2n) is 5.13. The molecule has 0 fully saturated rings. The first-order chi connectivity index (χ1) is 10.5. The van der Waals surface area contributed by atoms with Crippen LogP contribution in [-0.4, -0.2) is 22.1 Å². The maximum atomic E-state index is 12.4. The van der Waals surface area contributed by atoms with Gasteiger partial charge in [-0.25, -0.2) is 9.78 Å². The molecule has 1 atom stereocenters. The Bertz CT molecular complexity index is 741. The van der Waals surface area contributed by atoms with Crippen LogP contribution < -0.4 is 10.6 Å². The largest absolute Gasteiger partial charge is 0.465 e. The summed E-state index contributed by atoms with van der Waals surface area (Å²) in [6.45, 7) is 1.70. The van der Waals surface area contributed by atoms with Gasteiger partial charge in [-0.3, -0.25) is 10.1 Å². The molecule has 7 heteroatoms. The number of nitrogens with zero attached hydrogens (tertiary/aromatic N) is 1. The van der Waals surface area contributed by atoms with E-state index in [-0.39, 0.29) is 17.1 Å². The Balaban J connectivity index is 1.76. The Hall–Kier alpha value is -2.41. The number of anilines is 1. The summed E-state index contributed by atoms with van der Waals surface area (Å²) in [7, 11) is 0. The normalized spacial score (nSPS) is 16.1. The van der Waals surface area contributed by atoms with Crippen molar-refractivity contribution in [2.75, 3.05) is 5.32 Å². The molecular formula is C15H15N3O3S. The van der Waals surface area contributed by atoms with Gasteiger partial charge < -0.3 is 10.4 Å². The van der Waals surface area contributed by atoms with Crippen molar-refractivity contribution >= 4 is 28.5 Å². The third-order valence-electron chi connectivity index (χ3n) is 3.65. The first kappa shape index (κ1) is 14.5. The van der Waals surface area contributed by atoms with Crippen molar-refractivity contribution < 1.29 is 14.7 Å². The zero-order chi connectivity index (χ0) is 15.7. The minimum Gasteiger partial charge on any atom is -0.465 e. The maximum absolute atomic E-state index is 12.4. The number of nitrogens with one attached hydrogen (secondary N) is 2. The van der Waals surface area contributed by atoms with Crippen LogP contribution in [0.3, 0.4) is 0 Å². The number of aryl methyl sites for hydroxylation is 2. The molecule has 2 aromatic rings. The van der Waals surface area contributed by atoms with Crippen molar-refractivity contribution in [3.05, 3.63) is 46.0 Å². The summed E-state index contributed by atoms with van der Waals surface area (Å²) in [5.41, 5.74) is 2.95. The Morgan fingerprint density at radius 2 is 2.14 bits per heavy atom. The lowest BCUT2D eigenvalue weighted by molar-refractivity contribution is 0.0940. The molecule has 0 radical (unpaired) electrons. The minimum absolute atomic E-state index is 0.00100. The first-order valence-corrected chi connectivity index (χ1v) is 7.72. The number of aromatic nitrogens is 1. The van der Waals surface area contributed by atoms with Gasteiger partial charge in [0.1, 0.15) is 4.88 Å². The highest BCUT2D eigenvalue weighted by atomic mass is 32.1. The van der Waals surface area contributed by atoms with E-state index >= 15 is 0 Å². The van der Waals surface area contributed by atoms with Crippen molar-refractivity contribution in [3.8, 4) is 0 Å². The Morgan fingerprint density at radius 3 is 2.91 bits per heavy atom. The molecule has 3 rings (SSSR count). The van der Waals surface area contributed by atoms with E-state index < -0.39 is 6.09 Å². The van der Waals surface area contributed by atoms with Gasteiger partial charge in [0.15, 0.2) is 5.13 Å². The number of carbonyl (C=O) groups is 2. The van der Waals surface area contributed by atoms with Gasteiger partial charge in [0.05, 0.1) is 11.7 Å². The number of benzene rings is 1. The number of thiazole rings is 1. The van der Waals surface area contributed by atoms with Crippen molar-refractivity contribution in [1.82, 2.24) is 10.3 Å². The number of rotatable bonds is 3. The van der Waals surface area contributed by atoms with Crippen LogP contribution in [-0.2, 0) is 6.42 Å². The monoisotopic (exact) mass is 317 g/mol. The standard InChI is InChI=1S/C15H15N3O3S/c1-8-12(22-14(16-8)18-15(20)21)13(19)17-11-7-6-9-4-2-3-5-10(9)11/h2-5,11H,6-7H2,1H3,(H,16,18)(H,17,19)(H,20,21). The lowest BCUT2D eigenvalue weighted by atomic mass is 10.1. The van der Waals surface area contributed by atoms with Crippen LogP contribution in [0, 0.1) is 6.92 Å². The molecule has 1 aromatic heterocycles. The van der Waals surface area contributed by atoms with E-state index in [4.69, 9.17) is 5.11 Å². The SMILES string of the molecule is Cc1nc(NC(=O)O)sc1C(=O)NC1CCc2ccccc21. The highest BCUT2D eigenvalue weighted by Crippen LogP contribution is 2.31. The fraction of sp³-hybridized carbons (Fsp3) is 0.267. The van der Waals surface area contributed by atoms with Crippen molar-refractivity contribution in [2.45, 2.75) is 25.8 Å². The van der Waals surface area contributed by atoms with Gasteiger partial charge in [-0.1, -0.05) is 35.6 Å². The number of amides is 2. The number of carbonyl (C=O) groups excluding carboxylic acids is 1. The van der Waals surface area contributed by atoms with Crippen LogP contribution in [0.1, 0.15) is 39.0 Å². The van der Waals surface area contributed by atoms with Gasteiger partial charge >= 0.3 is 6.09 Å². The predicted octanol–water partition coefficient (Wildman–Crippen LogP) is 2.96. The fourth-order valence-electron chi connectivity index (χ4n) is 2.68. The van der Waals surface area contributed by atoms with Gasteiger partial charge in [0, 0.05) is 0 Å². The van der Waals surface area contributed by atoms with Crippen molar-refractivity contribution in [3.63, 3.8) is 0 Å². The van der Waals surface area contributed by atoms with Crippen LogP contribution in [0.5, 0.6) is 0 Å². The molecule has 1 aliphatic carbocycles. The molecule has 1 heterocycles. The molecule has 22 heavy (non-hydrogen) atoms.